The molecule has 0 spiro atoms. The summed E-state index contributed by atoms with van der Waals surface area (Å²) in [5.41, 5.74) is 6.94. The summed E-state index contributed by atoms with van der Waals surface area (Å²) in [6, 6.07) is 12.6. The van der Waals surface area contributed by atoms with Crippen LogP contribution in [0.1, 0.15) is 37.0 Å². The molecule has 2 rings (SSSR count). The van der Waals surface area contributed by atoms with Crippen LogP contribution in [0, 0.1) is 6.92 Å². The van der Waals surface area contributed by atoms with Crippen molar-refractivity contribution in [1.29, 1.82) is 0 Å². The zero-order chi connectivity index (χ0) is 15.4. The molecule has 2 N–H and O–H groups in total. The molecule has 21 heavy (non-hydrogen) atoms. The predicted octanol–water partition coefficient (Wildman–Crippen LogP) is 3.03. The molecular formula is C17H22N2O2. The highest BCUT2D eigenvalue weighted by atomic mass is 16.3. The fraction of sp³-hybridized carbons (Fsp3) is 0.353. The van der Waals surface area contributed by atoms with Crippen LogP contribution in [-0.4, -0.2) is 16.8 Å². The first-order chi connectivity index (χ1) is 9.99. The largest absolute Gasteiger partial charge is 0.464 e. The third-order valence-corrected chi connectivity index (χ3v) is 3.45. The first-order valence-corrected chi connectivity index (χ1v) is 7.15. The lowest BCUT2D eigenvalue weighted by atomic mass is 10.1. The summed E-state index contributed by atoms with van der Waals surface area (Å²) in [6.45, 7) is 6.28. The van der Waals surface area contributed by atoms with Crippen molar-refractivity contribution in [3.05, 3.63) is 59.5 Å². The van der Waals surface area contributed by atoms with Gasteiger partial charge in [0.25, 0.3) is 0 Å². The number of nitrogens with zero attached hydrogens (tertiary/aromatic N) is 1. The van der Waals surface area contributed by atoms with Gasteiger partial charge >= 0.3 is 0 Å². The molecule has 112 valence electrons. The van der Waals surface area contributed by atoms with Gasteiger partial charge in [-0.25, -0.2) is 0 Å². The van der Waals surface area contributed by atoms with Gasteiger partial charge in [-0.2, -0.15) is 0 Å². The van der Waals surface area contributed by atoms with Gasteiger partial charge in [0.2, 0.25) is 5.91 Å². The Labute approximate surface area is 125 Å². The van der Waals surface area contributed by atoms with Crippen molar-refractivity contribution >= 4 is 5.91 Å². The van der Waals surface area contributed by atoms with E-state index in [0.29, 0.717) is 6.54 Å². The molecule has 0 bridgehead atoms. The molecule has 0 saturated heterocycles. The molecule has 1 unspecified atom stereocenters. The number of hydrogen-bond donors (Lipinski definition) is 1. The molecule has 0 aliphatic rings. The maximum absolute atomic E-state index is 12.7. The Kier molecular flexibility index (Phi) is 4.81. The lowest BCUT2D eigenvalue weighted by molar-refractivity contribution is -0.135. The SMILES string of the molecule is Cc1ccc(CN(C(=O)C(N)c2ccccc2)C(C)C)o1. The van der Waals surface area contributed by atoms with E-state index in [9.17, 15) is 4.79 Å². The van der Waals surface area contributed by atoms with Crippen molar-refractivity contribution < 1.29 is 9.21 Å². The summed E-state index contributed by atoms with van der Waals surface area (Å²) in [4.78, 5) is 14.4. The molecule has 4 nitrogen and oxygen atoms in total. The lowest BCUT2D eigenvalue weighted by Crippen LogP contribution is -2.42. The second-order valence-electron chi connectivity index (χ2n) is 5.46. The van der Waals surface area contributed by atoms with Gasteiger partial charge in [0.1, 0.15) is 17.6 Å². The van der Waals surface area contributed by atoms with Gasteiger partial charge in [0.05, 0.1) is 6.54 Å². The summed E-state index contributed by atoms with van der Waals surface area (Å²) in [7, 11) is 0. The number of carbonyl (C=O) groups excluding carboxylic acids is 1. The number of benzene rings is 1. The van der Waals surface area contributed by atoms with E-state index in [1.165, 1.54) is 0 Å². The maximum Gasteiger partial charge on any atom is 0.244 e. The molecular weight excluding hydrogens is 264 g/mol. The monoisotopic (exact) mass is 286 g/mol. The zero-order valence-corrected chi connectivity index (χ0v) is 12.7. The van der Waals surface area contributed by atoms with Crippen molar-refractivity contribution in [3.63, 3.8) is 0 Å². The highest BCUT2D eigenvalue weighted by Crippen LogP contribution is 2.18. The fourth-order valence-electron chi connectivity index (χ4n) is 2.23. The van der Waals surface area contributed by atoms with Crippen LogP contribution in [0.5, 0.6) is 0 Å². The second kappa shape index (κ2) is 6.59. The van der Waals surface area contributed by atoms with Gasteiger partial charge < -0.3 is 15.1 Å². The Morgan fingerprint density at radius 1 is 1.19 bits per heavy atom. The zero-order valence-electron chi connectivity index (χ0n) is 12.7. The summed E-state index contributed by atoms with van der Waals surface area (Å²) >= 11 is 0. The highest BCUT2D eigenvalue weighted by Gasteiger charge is 2.25. The van der Waals surface area contributed by atoms with E-state index < -0.39 is 6.04 Å². The lowest BCUT2D eigenvalue weighted by Gasteiger charge is -2.28. The smallest absolute Gasteiger partial charge is 0.244 e. The molecule has 2 aromatic rings. The normalized spacial score (nSPS) is 12.4. The van der Waals surface area contributed by atoms with Crippen LogP contribution in [0.3, 0.4) is 0 Å². The minimum absolute atomic E-state index is 0.0534. The van der Waals surface area contributed by atoms with Crippen LogP contribution >= 0.6 is 0 Å². The number of rotatable bonds is 5. The molecule has 0 aliphatic carbocycles. The molecule has 1 amide bonds. The molecule has 0 aliphatic heterocycles. The van der Waals surface area contributed by atoms with Crippen molar-refractivity contribution in [1.82, 2.24) is 4.90 Å². The van der Waals surface area contributed by atoms with E-state index >= 15 is 0 Å². The van der Waals surface area contributed by atoms with Gasteiger partial charge in [0, 0.05) is 6.04 Å². The Hall–Kier alpha value is -2.07. The van der Waals surface area contributed by atoms with Gasteiger partial charge in [-0.3, -0.25) is 4.79 Å². The van der Waals surface area contributed by atoms with Crippen LogP contribution in [0.15, 0.2) is 46.9 Å². The first kappa shape index (κ1) is 15.3. The average molecular weight is 286 g/mol. The molecule has 0 saturated carbocycles. The molecule has 0 radical (unpaired) electrons. The van der Waals surface area contributed by atoms with Crippen LogP contribution in [0.2, 0.25) is 0 Å². The predicted molar refractivity (Wildman–Crippen MR) is 82.5 cm³/mol. The third kappa shape index (κ3) is 3.73. The van der Waals surface area contributed by atoms with E-state index in [-0.39, 0.29) is 11.9 Å². The Bertz CT molecular complexity index is 590. The number of aryl methyl sites for hydroxylation is 1. The molecule has 1 aromatic heterocycles. The van der Waals surface area contributed by atoms with Crippen molar-refractivity contribution in [3.8, 4) is 0 Å². The summed E-state index contributed by atoms with van der Waals surface area (Å²) in [5, 5.41) is 0. The van der Waals surface area contributed by atoms with Gasteiger partial charge in [-0.05, 0) is 38.5 Å². The number of furan rings is 1. The number of carbonyl (C=O) groups is 1. The van der Waals surface area contributed by atoms with Crippen LogP contribution in [0.4, 0.5) is 0 Å². The average Bonchev–Trinajstić information content (AvgIpc) is 2.89. The quantitative estimate of drug-likeness (QED) is 0.919. The molecule has 0 fully saturated rings. The molecule has 1 heterocycles. The minimum atomic E-state index is -0.648. The number of hydrogen-bond acceptors (Lipinski definition) is 3. The summed E-state index contributed by atoms with van der Waals surface area (Å²) in [6.07, 6.45) is 0. The van der Waals surface area contributed by atoms with Gasteiger partial charge in [-0.15, -0.1) is 0 Å². The maximum atomic E-state index is 12.7. The van der Waals surface area contributed by atoms with Crippen molar-refractivity contribution in [2.45, 2.75) is 39.4 Å². The van der Waals surface area contributed by atoms with Crippen molar-refractivity contribution in [2.24, 2.45) is 5.73 Å². The molecule has 1 aromatic carbocycles. The number of amides is 1. The van der Waals surface area contributed by atoms with E-state index in [4.69, 9.17) is 10.2 Å². The molecule has 1 atom stereocenters. The van der Waals surface area contributed by atoms with Crippen LogP contribution < -0.4 is 5.73 Å². The second-order valence-corrected chi connectivity index (χ2v) is 5.46. The van der Waals surface area contributed by atoms with E-state index in [1.807, 2.05) is 63.2 Å². The van der Waals surface area contributed by atoms with Crippen molar-refractivity contribution in [2.75, 3.05) is 0 Å². The Morgan fingerprint density at radius 3 is 2.38 bits per heavy atom. The summed E-state index contributed by atoms with van der Waals surface area (Å²) < 4.78 is 5.57. The minimum Gasteiger partial charge on any atom is -0.464 e. The van der Waals surface area contributed by atoms with Gasteiger partial charge in [-0.1, -0.05) is 30.3 Å². The molecule has 4 heteroatoms. The Morgan fingerprint density at radius 2 is 1.86 bits per heavy atom. The standard InChI is InChI=1S/C17H22N2O2/c1-12(2)19(11-15-10-9-13(3)21-15)17(20)16(18)14-7-5-4-6-8-14/h4-10,12,16H,11,18H2,1-3H3. The highest BCUT2D eigenvalue weighted by molar-refractivity contribution is 5.83. The van der Waals surface area contributed by atoms with E-state index in [2.05, 4.69) is 0 Å². The van der Waals surface area contributed by atoms with E-state index in [0.717, 1.165) is 17.1 Å². The first-order valence-electron chi connectivity index (χ1n) is 7.15. The van der Waals surface area contributed by atoms with Gasteiger partial charge in [0.15, 0.2) is 0 Å². The third-order valence-electron chi connectivity index (χ3n) is 3.45. The summed E-state index contributed by atoms with van der Waals surface area (Å²) in [5.74, 6) is 1.52. The fourth-order valence-corrected chi connectivity index (χ4v) is 2.23. The van der Waals surface area contributed by atoms with E-state index in [1.54, 1.807) is 4.90 Å². The Balaban J connectivity index is 2.16. The topological polar surface area (TPSA) is 59.5 Å². The number of nitrogens with two attached hydrogens (primary N) is 1. The van der Waals surface area contributed by atoms with Crippen LogP contribution in [-0.2, 0) is 11.3 Å². The van der Waals surface area contributed by atoms with Crippen LogP contribution in [0.25, 0.3) is 0 Å².